The number of pyridine rings is 1. The van der Waals surface area contributed by atoms with Crippen molar-refractivity contribution in [1.29, 1.82) is 0 Å². The molecular weight excluding hydrogens is 230 g/mol. The molecule has 1 unspecified atom stereocenters. The zero-order valence-corrected chi connectivity index (χ0v) is 10.5. The Morgan fingerprint density at radius 1 is 1.61 bits per heavy atom. The zero-order chi connectivity index (χ0) is 13.0. The predicted molar refractivity (Wildman–Crippen MR) is 69.5 cm³/mol. The highest BCUT2D eigenvalue weighted by Crippen LogP contribution is 2.13. The quantitative estimate of drug-likeness (QED) is 0.520. The van der Waals surface area contributed by atoms with Crippen LogP contribution in [-0.2, 0) is 11.3 Å². The Labute approximate surface area is 107 Å². The van der Waals surface area contributed by atoms with Gasteiger partial charge in [-0.15, -0.1) is 0 Å². The summed E-state index contributed by atoms with van der Waals surface area (Å²) in [5, 5.41) is 2.95. The summed E-state index contributed by atoms with van der Waals surface area (Å²) in [7, 11) is 0. The molecule has 1 aromatic rings. The first-order valence-electron chi connectivity index (χ1n) is 6.08. The minimum absolute atomic E-state index is 0.0434. The first-order chi connectivity index (χ1) is 8.67. The van der Waals surface area contributed by atoms with Crippen LogP contribution in [0.5, 0.6) is 0 Å². The van der Waals surface area contributed by atoms with Crippen molar-refractivity contribution in [1.82, 2.24) is 15.2 Å². The molecule has 0 bridgehead atoms. The van der Waals surface area contributed by atoms with Crippen LogP contribution in [0.4, 0.5) is 5.82 Å². The molecule has 2 heterocycles. The van der Waals surface area contributed by atoms with Crippen LogP contribution in [-0.4, -0.2) is 34.9 Å². The zero-order valence-electron chi connectivity index (χ0n) is 10.5. The number of nitrogens with one attached hydrogen (secondary N) is 2. The number of rotatable bonds is 4. The number of aromatic nitrogens is 1. The molecule has 1 aliphatic rings. The monoisotopic (exact) mass is 249 g/mol. The predicted octanol–water partition coefficient (Wildman–Crippen LogP) is 0.0776. The van der Waals surface area contributed by atoms with Crippen molar-refractivity contribution in [2.24, 2.45) is 5.84 Å². The maximum absolute atomic E-state index is 11.0. The Morgan fingerprint density at radius 2 is 2.44 bits per heavy atom. The fourth-order valence-electron chi connectivity index (χ4n) is 2.24. The van der Waals surface area contributed by atoms with Crippen LogP contribution in [0.15, 0.2) is 18.3 Å². The highest BCUT2D eigenvalue weighted by Gasteiger charge is 2.22. The minimum atomic E-state index is 0.0434. The first-order valence-corrected chi connectivity index (χ1v) is 6.08. The van der Waals surface area contributed by atoms with Crippen molar-refractivity contribution in [3.05, 3.63) is 23.9 Å². The van der Waals surface area contributed by atoms with Crippen molar-refractivity contribution in [3.63, 3.8) is 0 Å². The maximum atomic E-state index is 11.0. The Bertz CT molecular complexity index is 405. The van der Waals surface area contributed by atoms with E-state index in [2.05, 4.69) is 20.6 Å². The molecule has 1 amide bonds. The number of nitrogens with two attached hydrogens (primary N) is 1. The van der Waals surface area contributed by atoms with E-state index >= 15 is 0 Å². The van der Waals surface area contributed by atoms with Gasteiger partial charge in [0.15, 0.2) is 0 Å². The largest absolute Gasteiger partial charge is 0.352 e. The molecule has 0 radical (unpaired) electrons. The van der Waals surface area contributed by atoms with E-state index in [1.54, 1.807) is 6.92 Å². The molecular formula is C12H19N5O. The van der Waals surface area contributed by atoms with Gasteiger partial charge in [0.05, 0.1) is 0 Å². The van der Waals surface area contributed by atoms with E-state index in [9.17, 15) is 4.79 Å². The molecule has 6 nitrogen and oxygen atoms in total. The number of anilines is 1. The van der Waals surface area contributed by atoms with Gasteiger partial charge in [0.25, 0.3) is 0 Å². The van der Waals surface area contributed by atoms with Crippen molar-refractivity contribution in [3.8, 4) is 0 Å². The molecule has 0 saturated carbocycles. The molecule has 4 N–H and O–H groups in total. The summed E-state index contributed by atoms with van der Waals surface area (Å²) in [5.41, 5.74) is 3.65. The molecule has 1 aliphatic heterocycles. The Morgan fingerprint density at radius 3 is 3.06 bits per heavy atom. The summed E-state index contributed by atoms with van der Waals surface area (Å²) < 4.78 is 0. The van der Waals surface area contributed by atoms with Gasteiger partial charge in [-0.05, 0) is 18.1 Å². The number of nitrogens with zero attached hydrogens (tertiary/aromatic N) is 2. The Balaban J connectivity index is 1.85. The molecule has 1 fully saturated rings. The summed E-state index contributed by atoms with van der Waals surface area (Å²) in [5.74, 6) is 5.97. The van der Waals surface area contributed by atoms with Crippen molar-refractivity contribution in [2.45, 2.75) is 25.9 Å². The highest BCUT2D eigenvalue weighted by molar-refractivity contribution is 5.73. The van der Waals surface area contributed by atoms with E-state index in [-0.39, 0.29) is 11.9 Å². The second-order valence-electron chi connectivity index (χ2n) is 4.62. The number of carbonyl (C=O) groups excluding carboxylic acids is 1. The second-order valence-corrected chi connectivity index (χ2v) is 4.62. The van der Waals surface area contributed by atoms with E-state index in [1.165, 1.54) is 0 Å². The topological polar surface area (TPSA) is 83.3 Å². The standard InChI is InChI=1S/C12H19N5O/c1-9(18)15-11-4-5-17(8-11)7-10-2-3-12(16-13)14-6-10/h2-3,6,11H,4-5,7-8,13H2,1H3,(H,14,16)(H,15,18). The van der Waals surface area contributed by atoms with E-state index in [1.807, 2.05) is 18.3 Å². The number of amides is 1. The fraction of sp³-hybridized carbons (Fsp3) is 0.500. The van der Waals surface area contributed by atoms with Crippen LogP contribution in [0, 0.1) is 0 Å². The number of hydrogen-bond donors (Lipinski definition) is 3. The average Bonchev–Trinajstić information content (AvgIpc) is 2.76. The summed E-state index contributed by atoms with van der Waals surface area (Å²) in [4.78, 5) is 17.5. The molecule has 0 aliphatic carbocycles. The smallest absolute Gasteiger partial charge is 0.217 e. The van der Waals surface area contributed by atoms with E-state index < -0.39 is 0 Å². The van der Waals surface area contributed by atoms with E-state index in [0.29, 0.717) is 5.82 Å². The lowest BCUT2D eigenvalue weighted by Gasteiger charge is -2.16. The maximum Gasteiger partial charge on any atom is 0.217 e. The molecule has 18 heavy (non-hydrogen) atoms. The van der Waals surface area contributed by atoms with Crippen molar-refractivity contribution < 1.29 is 4.79 Å². The van der Waals surface area contributed by atoms with Crippen molar-refractivity contribution >= 4 is 11.7 Å². The van der Waals surface area contributed by atoms with Gasteiger partial charge in [-0.3, -0.25) is 9.69 Å². The van der Waals surface area contributed by atoms with Crippen LogP contribution in [0.25, 0.3) is 0 Å². The van der Waals surface area contributed by atoms with Gasteiger partial charge in [-0.1, -0.05) is 6.07 Å². The second kappa shape index (κ2) is 5.79. The number of likely N-dealkylation sites (tertiary alicyclic amines) is 1. The first kappa shape index (κ1) is 12.8. The third kappa shape index (κ3) is 3.41. The van der Waals surface area contributed by atoms with Gasteiger partial charge in [0.2, 0.25) is 5.91 Å². The summed E-state index contributed by atoms with van der Waals surface area (Å²) in [6, 6.07) is 4.14. The van der Waals surface area contributed by atoms with Gasteiger partial charge in [-0.25, -0.2) is 10.8 Å². The van der Waals surface area contributed by atoms with Crippen LogP contribution in [0.3, 0.4) is 0 Å². The third-order valence-electron chi connectivity index (χ3n) is 3.06. The van der Waals surface area contributed by atoms with Crippen molar-refractivity contribution in [2.75, 3.05) is 18.5 Å². The van der Waals surface area contributed by atoms with Gasteiger partial charge in [0, 0.05) is 38.8 Å². The van der Waals surface area contributed by atoms with Gasteiger partial charge >= 0.3 is 0 Å². The minimum Gasteiger partial charge on any atom is -0.352 e. The molecule has 0 aromatic carbocycles. The molecule has 1 aromatic heterocycles. The fourth-order valence-corrected chi connectivity index (χ4v) is 2.24. The molecule has 2 rings (SSSR count). The van der Waals surface area contributed by atoms with Gasteiger partial charge < -0.3 is 10.7 Å². The number of hydrogen-bond acceptors (Lipinski definition) is 5. The van der Waals surface area contributed by atoms with Crippen LogP contribution < -0.4 is 16.6 Å². The third-order valence-corrected chi connectivity index (χ3v) is 3.06. The number of carbonyl (C=O) groups is 1. The highest BCUT2D eigenvalue weighted by atomic mass is 16.1. The average molecular weight is 249 g/mol. The Hall–Kier alpha value is -1.66. The Kier molecular flexibility index (Phi) is 4.11. The van der Waals surface area contributed by atoms with E-state index in [4.69, 9.17) is 5.84 Å². The molecule has 6 heteroatoms. The lowest BCUT2D eigenvalue weighted by atomic mass is 10.2. The summed E-state index contributed by atoms with van der Waals surface area (Å²) in [6.45, 7) is 4.32. The SMILES string of the molecule is CC(=O)NC1CCN(Cc2ccc(NN)nc2)C1. The number of nitrogen functional groups attached to an aromatic ring is 1. The number of hydrazine groups is 1. The molecule has 0 spiro atoms. The van der Waals surface area contributed by atoms with Crippen LogP contribution in [0.1, 0.15) is 18.9 Å². The normalized spacial score (nSPS) is 19.8. The molecule has 1 atom stereocenters. The lowest BCUT2D eigenvalue weighted by Crippen LogP contribution is -2.35. The van der Waals surface area contributed by atoms with Gasteiger partial charge in [0.1, 0.15) is 5.82 Å². The summed E-state index contributed by atoms with van der Waals surface area (Å²) >= 11 is 0. The van der Waals surface area contributed by atoms with E-state index in [0.717, 1.165) is 31.6 Å². The van der Waals surface area contributed by atoms with Gasteiger partial charge in [-0.2, -0.15) is 0 Å². The molecule has 1 saturated heterocycles. The lowest BCUT2D eigenvalue weighted by molar-refractivity contribution is -0.119. The van der Waals surface area contributed by atoms with Crippen LogP contribution in [0.2, 0.25) is 0 Å². The molecule has 98 valence electrons. The van der Waals surface area contributed by atoms with Crippen LogP contribution >= 0.6 is 0 Å². The summed E-state index contributed by atoms with van der Waals surface area (Å²) in [6.07, 6.45) is 2.83.